The molecule has 0 aliphatic heterocycles. The summed E-state index contributed by atoms with van der Waals surface area (Å²) in [5.41, 5.74) is 2.02. The lowest BCUT2D eigenvalue weighted by Crippen LogP contribution is -2.16. The molecule has 0 heterocycles. The van der Waals surface area contributed by atoms with Crippen LogP contribution in [0.3, 0.4) is 0 Å². The van der Waals surface area contributed by atoms with Crippen molar-refractivity contribution in [3.05, 3.63) is 35.4 Å². The first-order valence-corrected chi connectivity index (χ1v) is 7.64. The summed E-state index contributed by atoms with van der Waals surface area (Å²) < 4.78 is 5.49. The largest absolute Gasteiger partial charge is 0.481 e. The third kappa shape index (κ3) is 7.25. The van der Waals surface area contributed by atoms with Gasteiger partial charge in [-0.1, -0.05) is 24.3 Å². The Kier molecular flexibility index (Phi) is 8.01. The Balaban J connectivity index is 2.20. The van der Waals surface area contributed by atoms with E-state index in [9.17, 15) is 4.79 Å². The molecule has 4 nitrogen and oxygen atoms in total. The number of hydrogen-bond donors (Lipinski definition) is 2. The van der Waals surface area contributed by atoms with Gasteiger partial charge in [0.15, 0.2) is 0 Å². The molecule has 1 atom stereocenters. The molecule has 4 heteroatoms. The summed E-state index contributed by atoms with van der Waals surface area (Å²) in [5, 5.41) is 12.3. The second-order valence-corrected chi connectivity index (χ2v) is 5.60. The van der Waals surface area contributed by atoms with Gasteiger partial charge < -0.3 is 15.2 Å². The molecule has 0 saturated carbocycles. The van der Waals surface area contributed by atoms with Crippen LogP contribution in [-0.4, -0.2) is 30.3 Å². The highest BCUT2D eigenvalue weighted by Crippen LogP contribution is 2.15. The maximum Gasteiger partial charge on any atom is 0.310 e. The maximum absolute atomic E-state index is 10.9. The Morgan fingerprint density at radius 3 is 2.43 bits per heavy atom. The van der Waals surface area contributed by atoms with E-state index >= 15 is 0 Å². The molecule has 1 rings (SSSR count). The zero-order valence-corrected chi connectivity index (χ0v) is 13.3. The molecule has 0 bridgehead atoms. The van der Waals surface area contributed by atoms with Crippen molar-refractivity contribution >= 4 is 5.97 Å². The summed E-state index contributed by atoms with van der Waals surface area (Å²) >= 11 is 0. The van der Waals surface area contributed by atoms with Crippen LogP contribution in [0.2, 0.25) is 0 Å². The van der Waals surface area contributed by atoms with Crippen LogP contribution in [-0.2, 0) is 16.1 Å². The minimum atomic E-state index is -0.788. The number of rotatable bonds is 10. The fourth-order valence-corrected chi connectivity index (χ4v) is 1.97. The van der Waals surface area contributed by atoms with Gasteiger partial charge in [0.2, 0.25) is 0 Å². The van der Waals surface area contributed by atoms with Gasteiger partial charge in [0, 0.05) is 13.2 Å². The first-order chi connectivity index (χ1) is 10.0. The van der Waals surface area contributed by atoms with Crippen LogP contribution in [0.4, 0.5) is 0 Å². The summed E-state index contributed by atoms with van der Waals surface area (Å²) in [5.74, 6) is -1.24. The van der Waals surface area contributed by atoms with Crippen molar-refractivity contribution in [2.24, 2.45) is 0 Å². The average Bonchev–Trinajstić information content (AvgIpc) is 2.45. The molecule has 1 unspecified atom stereocenters. The number of nitrogens with one attached hydrogen (secondary N) is 1. The molecular formula is C17H27NO3. The van der Waals surface area contributed by atoms with Crippen molar-refractivity contribution in [1.82, 2.24) is 5.32 Å². The van der Waals surface area contributed by atoms with E-state index in [1.165, 1.54) is 5.56 Å². The van der Waals surface area contributed by atoms with Gasteiger partial charge in [-0.3, -0.25) is 4.79 Å². The molecule has 1 aromatic rings. The number of benzene rings is 1. The van der Waals surface area contributed by atoms with E-state index in [0.717, 1.165) is 38.1 Å². The number of ether oxygens (including phenoxy) is 1. The Labute approximate surface area is 127 Å². The van der Waals surface area contributed by atoms with Gasteiger partial charge in [0.1, 0.15) is 0 Å². The molecule has 0 aromatic heterocycles. The molecule has 0 spiro atoms. The van der Waals surface area contributed by atoms with Crippen LogP contribution < -0.4 is 5.32 Å². The zero-order chi connectivity index (χ0) is 15.7. The van der Waals surface area contributed by atoms with Crippen molar-refractivity contribution in [3.63, 3.8) is 0 Å². The van der Waals surface area contributed by atoms with Crippen LogP contribution in [0.5, 0.6) is 0 Å². The number of aliphatic carboxylic acids is 1. The predicted molar refractivity (Wildman–Crippen MR) is 84.5 cm³/mol. The molecule has 118 valence electrons. The average molecular weight is 293 g/mol. The van der Waals surface area contributed by atoms with Crippen molar-refractivity contribution < 1.29 is 14.6 Å². The van der Waals surface area contributed by atoms with Gasteiger partial charge >= 0.3 is 5.97 Å². The topological polar surface area (TPSA) is 58.6 Å². The van der Waals surface area contributed by atoms with Gasteiger partial charge in [-0.2, -0.15) is 0 Å². The fraction of sp³-hybridized carbons (Fsp3) is 0.588. The lowest BCUT2D eigenvalue weighted by molar-refractivity contribution is -0.138. The van der Waals surface area contributed by atoms with Gasteiger partial charge in [-0.15, -0.1) is 0 Å². The monoisotopic (exact) mass is 293 g/mol. The molecular weight excluding hydrogens is 266 g/mol. The summed E-state index contributed by atoms with van der Waals surface area (Å²) in [6, 6.07) is 7.77. The third-order valence-corrected chi connectivity index (χ3v) is 3.38. The second kappa shape index (κ2) is 9.53. The summed E-state index contributed by atoms with van der Waals surface area (Å²) in [7, 11) is 0. The van der Waals surface area contributed by atoms with Crippen LogP contribution in [0, 0.1) is 0 Å². The molecule has 0 fully saturated rings. The Bertz CT molecular complexity index is 415. The molecule has 0 saturated heterocycles. The standard InChI is InChI=1S/C17H27NO3/c1-13(2)21-11-5-4-10-18-12-15-6-8-16(9-7-15)14(3)17(19)20/h6-9,13-14,18H,4-5,10-12H2,1-3H3,(H,19,20). The smallest absolute Gasteiger partial charge is 0.310 e. The molecule has 0 amide bonds. The van der Waals surface area contributed by atoms with E-state index in [0.29, 0.717) is 6.10 Å². The van der Waals surface area contributed by atoms with Crippen molar-refractivity contribution in [1.29, 1.82) is 0 Å². The Morgan fingerprint density at radius 2 is 1.86 bits per heavy atom. The molecule has 2 N–H and O–H groups in total. The first kappa shape index (κ1) is 17.7. The number of unbranched alkanes of at least 4 members (excludes halogenated alkanes) is 1. The van der Waals surface area contributed by atoms with Gasteiger partial charge in [-0.25, -0.2) is 0 Å². The van der Waals surface area contributed by atoms with Crippen molar-refractivity contribution in [2.75, 3.05) is 13.2 Å². The lowest BCUT2D eigenvalue weighted by Gasteiger charge is -2.09. The van der Waals surface area contributed by atoms with Crippen molar-refractivity contribution in [3.8, 4) is 0 Å². The molecule has 0 aliphatic rings. The van der Waals surface area contributed by atoms with E-state index in [4.69, 9.17) is 9.84 Å². The van der Waals surface area contributed by atoms with E-state index in [1.807, 2.05) is 38.1 Å². The van der Waals surface area contributed by atoms with E-state index in [1.54, 1.807) is 6.92 Å². The quantitative estimate of drug-likeness (QED) is 0.651. The summed E-state index contributed by atoms with van der Waals surface area (Å²) in [6.45, 7) is 8.40. The third-order valence-electron chi connectivity index (χ3n) is 3.38. The second-order valence-electron chi connectivity index (χ2n) is 5.60. The Hall–Kier alpha value is -1.39. The highest BCUT2D eigenvalue weighted by molar-refractivity contribution is 5.75. The number of carbonyl (C=O) groups is 1. The van der Waals surface area contributed by atoms with Crippen LogP contribution in [0.25, 0.3) is 0 Å². The summed E-state index contributed by atoms with van der Waals surface area (Å²) in [4.78, 5) is 10.9. The van der Waals surface area contributed by atoms with Gasteiger partial charge in [-0.05, 0) is 51.3 Å². The Morgan fingerprint density at radius 1 is 1.19 bits per heavy atom. The van der Waals surface area contributed by atoms with Gasteiger partial charge in [0.05, 0.1) is 12.0 Å². The normalized spacial score (nSPS) is 12.6. The van der Waals surface area contributed by atoms with Crippen LogP contribution in [0.15, 0.2) is 24.3 Å². The van der Waals surface area contributed by atoms with E-state index in [2.05, 4.69) is 5.32 Å². The SMILES string of the molecule is CC(C)OCCCCNCc1ccc(C(C)C(=O)O)cc1. The fourth-order valence-electron chi connectivity index (χ4n) is 1.97. The first-order valence-electron chi connectivity index (χ1n) is 7.64. The van der Waals surface area contributed by atoms with E-state index < -0.39 is 11.9 Å². The van der Waals surface area contributed by atoms with Crippen LogP contribution >= 0.6 is 0 Å². The van der Waals surface area contributed by atoms with Crippen LogP contribution in [0.1, 0.15) is 50.7 Å². The zero-order valence-electron chi connectivity index (χ0n) is 13.3. The maximum atomic E-state index is 10.9. The highest BCUT2D eigenvalue weighted by atomic mass is 16.5. The number of hydrogen-bond acceptors (Lipinski definition) is 3. The summed E-state index contributed by atoms with van der Waals surface area (Å²) in [6.07, 6.45) is 2.48. The number of carboxylic acids is 1. The van der Waals surface area contributed by atoms with Gasteiger partial charge in [0.25, 0.3) is 0 Å². The minimum absolute atomic E-state index is 0.310. The molecule has 21 heavy (non-hydrogen) atoms. The molecule has 1 aromatic carbocycles. The minimum Gasteiger partial charge on any atom is -0.481 e. The lowest BCUT2D eigenvalue weighted by atomic mass is 10.00. The predicted octanol–water partition coefficient (Wildman–Crippen LogP) is 3.17. The number of carboxylic acid groups (broad SMARTS) is 1. The van der Waals surface area contributed by atoms with Crippen molar-refractivity contribution in [2.45, 2.75) is 52.2 Å². The highest BCUT2D eigenvalue weighted by Gasteiger charge is 2.12. The van der Waals surface area contributed by atoms with E-state index in [-0.39, 0.29) is 0 Å². The molecule has 0 aliphatic carbocycles. The molecule has 0 radical (unpaired) electrons.